The lowest BCUT2D eigenvalue weighted by molar-refractivity contribution is 0.0967. The van der Waals surface area contributed by atoms with Gasteiger partial charge in [-0.1, -0.05) is 38.5 Å². The SMILES string of the molecule is CCn1c(CCC(C)(N)COP(=O)(O)O)ccc1C(=O)CCCC1CCCCC1. The highest BCUT2D eigenvalue weighted by atomic mass is 31.2. The molecule has 0 radical (unpaired) electrons. The fraction of sp³-hybridized carbons (Fsp3) is 0.762. The van der Waals surface area contributed by atoms with Gasteiger partial charge in [0.2, 0.25) is 0 Å². The molecule has 4 N–H and O–H groups in total. The fourth-order valence-electron chi connectivity index (χ4n) is 4.22. The second-order valence-electron chi connectivity index (χ2n) is 8.69. The molecule has 2 rings (SSSR count). The standard InChI is InChI=1S/C21H37N2O5P/c1-3-23-18(14-15-21(2,22)16-28-29(25,26)27)12-13-19(23)20(24)11-7-10-17-8-5-4-6-9-17/h12-13,17H,3-11,14-16,22H2,1-2H3,(H2,25,26,27). The first-order chi connectivity index (χ1) is 13.6. The minimum atomic E-state index is -4.53. The number of nitrogens with two attached hydrogens (primary N) is 1. The smallest absolute Gasteiger partial charge is 0.343 e. The van der Waals surface area contributed by atoms with Crippen LogP contribution < -0.4 is 5.73 Å². The van der Waals surface area contributed by atoms with Crippen molar-refractivity contribution < 1.29 is 23.7 Å². The van der Waals surface area contributed by atoms with Gasteiger partial charge < -0.3 is 20.1 Å². The van der Waals surface area contributed by atoms with Gasteiger partial charge in [0.1, 0.15) is 0 Å². The summed E-state index contributed by atoms with van der Waals surface area (Å²) in [5.74, 6) is 0.983. The van der Waals surface area contributed by atoms with E-state index in [4.69, 9.17) is 15.5 Å². The molecule has 1 aromatic rings. The Bertz CT molecular complexity index is 704. The van der Waals surface area contributed by atoms with Crippen LogP contribution in [0.25, 0.3) is 0 Å². The van der Waals surface area contributed by atoms with Gasteiger partial charge >= 0.3 is 7.82 Å². The molecule has 29 heavy (non-hydrogen) atoms. The zero-order chi connectivity index (χ0) is 21.5. The van der Waals surface area contributed by atoms with Gasteiger partial charge in [-0.05, 0) is 51.2 Å². The molecule has 0 aliphatic heterocycles. The quantitative estimate of drug-likeness (QED) is 0.339. The number of phosphoric ester groups is 1. The minimum absolute atomic E-state index is 0.189. The minimum Gasteiger partial charge on any atom is -0.343 e. The molecule has 0 spiro atoms. The second kappa shape index (κ2) is 10.9. The summed E-state index contributed by atoms with van der Waals surface area (Å²) in [6.07, 6.45) is 10.4. The van der Waals surface area contributed by atoms with Crippen LogP contribution in [0.1, 0.15) is 87.8 Å². The highest BCUT2D eigenvalue weighted by Gasteiger charge is 2.25. The molecule has 1 aliphatic rings. The Morgan fingerprint density at radius 3 is 2.62 bits per heavy atom. The first kappa shape index (κ1) is 24.3. The third kappa shape index (κ3) is 8.35. The molecule has 0 aromatic carbocycles. The Hall–Kier alpha value is -0.980. The average molecular weight is 429 g/mol. The average Bonchev–Trinajstić information content (AvgIpc) is 3.08. The lowest BCUT2D eigenvalue weighted by atomic mass is 9.85. The van der Waals surface area contributed by atoms with Crippen LogP contribution in [0.5, 0.6) is 0 Å². The highest BCUT2D eigenvalue weighted by Crippen LogP contribution is 2.37. The number of hydrogen-bond donors (Lipinski definition) is 3. The number of phosphoric acid groups is 1. The monoisotopic (exact) mass is 428 g/mol. The molecule has 166 valence electrons. The van der Waals surface area contributed by atoms with E-state index in [2.05, 4.69) is 4.52 Å². The van der Waals surface area contributed by atoms with Crippen molar-refractivity contribution in [1.29, 1.82) is 0 Å². The summed E-state index contributed by atoms with van der Waals surface area (Å²) >= 11 is 0. The molecule has 1 heterocycles. The molecule has 1 unspecified atom stereocenters. The Labute approximate surface area is 174 Å². The number of ketones is 1. The number of carbonyl (C=O) groups excluding carboxylic acids is 1. The zero-order valence-corrected chi connectivity index (χ0v) is 18.7. The van der Waals surface area contributed by atoms with Gasteiger partial charge in [-0.2, -0.15) is 0 Å². The molecular weight excluding hydrogens is 391 g/mol. The Morgan fingerprint density at radius 1 is 1.31 bits per heavy atom. The van der Waals surface area contributed by atoms with Crippen LogP contribution in [-0.4, -0.2) is 32.3 Å². The Balaban J connectivity index is 1.88. The van der Waals surface area contributed by atoms with Crippen LogP contribution in [0.3, 0.4) is 0 Å². The van der Waals surface area contributed by atoms with Gasteiger partial charge in [0, 0.05) is 24.2 Å². The molecule has 1 aromatic heterocycles. The maximum absolute atomic E-state index is 12.7. The van der Waals surface area contributed by atoms with E-state index in [0.29, 0.717) is 25.8 Å². The van der Waals surface area contributed by atoms with Gasteiger partial charge in [-0.3, -0.25) is 9.32 Å². The van der Waals surface area contributed by atoms with Gasteiger partial charge in [0.05, 0.1) is 12.3 Å². The van der Waals surface area contributed by atoms with E-state index < -0.39 is 13.4 Å². The van der Waals surface area contributed by atoms with E-state index in [1.54, 1.807) is 6.92 Å². The summed E-state index contributed by atoms with van der Waals surface area (Å²) < 4.78 is 17.5. The van der Waals surface area contributed by atoms with Crippen molar-refractivity contribution >= 4 is 13.6 Å². The largest absolute Gasteiger partial charge is 0.469 e. The first-order valence-electron chi connectivity index (χ1n) is 10.8. The zero-order valence-electron chi connectivity index (χ0n) is 17.8. The number of Topliss-reactive ketones (excluding diaryl/α,β-unsaturated/α-hetero) is 1. The molecule has 7 nitrogen and oxygen atoms in total. The van der Waals surface area contributed by atoms with Gasteiger partial charge in [0.15, 0.2) is 5.78 Å². The summed E-state index contributed by atoms with van der Waals surface area (Å²) in [7, 11) is -4.53. The number of aryl methyl sites for hydroxylation is 1. The second-order valence-corrected chi connectivity index (χ2v) is 9.93. The summed E-state index contributed by atoms with van der Waals surface area (Å²) in [4.78, 5) is 30.5. The van der Waals surface area contributed by atoms with Crippen LogP contribution in [0, 0.1) is 5.92 Å². The van der Waals surface area contributed by atoms with Crippen molar-refractivity contribution in [3.05, 3.63) is 23.5 Å². The first-order valence-corrected chi connectivity index (χ1v) is 12.3. The van der Waals surface area contributed by atoms with Crippen LogP contribution in [0.2, 0.25) is 0 Å². The lowest BCUT2D eigenvalue weighted by Crippen LogP contribution is -2.41. The van der Waals surface area contributed by atoms with E-state index in [1.165, 1.54) is 32.1 Å². The van der Waals surface area contributed by atoms with Crippen molar-refractivity contribution in [2.75, 3.05) is 6.61 Å². The molecule has 0 amide bonds. The number of carbonyl (C=O) groups is 1. The van der Waals surface area contributed by atoms with Crippen molar-refractivity contribution in [3.63, 3.8) is 0 Å². The van der Waals surface area contributed by atoms with E-state index in [-0.39, 0.29) is 12.4 Å². The van der Waals surface area contributed by atoms with E-state index in [0.717, 1.165) is 30.1 Å². The summed E-state index contributed by atoms with van der Waals surface area (Å²) in [6.45, 7) is 4.20. The predicted octanol–water partition coefficient (Wildman–Crippen LogP) is 4.20. The highest BCUT2D eigenvalue weighted by molar-refractivity contribution is 7.46. The maximum atomic E-state index is 12.7. The summed E-state index contributed by atoms with van der Waals surface area (Å²) in [5.41, 5.74) is 7.01. The predicted molar refractivity (Wildman–Crippen MR) is 114 cm³/mol. The maximum Gasteiger partial charge on any atom is 0.469 e. The Morgan fingerprint density at radius 2 is 2.00 bits per heavy atom. The lowest BCUT2D eigenvalue weighted by Gasteiger charge is -2.24. The van der Waals surface area contributed by atoms with E-state index in [9.17, 15) is 9.36 Å². The summed E-state index contributed by atoms with van der Waals surface area (Å²) in [6, 6.07) is 3.85. The van der Waals surface area contributed by atoms with Crippen molar-refractivity contribution in [2.45, 2.75) is 90.1 Å². The third-order valence-corrected chi connectivity index (χ3v) is 6.39. The van der Waals surface area contributed by atoms with Crippen LogP contribution in [-0.2, 0) is 22.1 Å². The van der Waals surface area contributed by atoms with Gasteiger partial charge in [0.25, 0.3) is 0 Å². The van der Waals surface area contributed by atoms with E-state index in [1.807, 2.05) is 23.6 Å². The molecule has 1 saturated carbocycles. The van der Waals surface area contributed by atoms with Gasteiger partial charge in [-0.15, -0.1) is 0 Å². The normalized spacial score (nSPS) is 18.0. The van der Waals surface area contributed by atoms with Crippen molar-refractivity contribution in [1.82, 2.24) is 4.57 Å². The molecule has 1 aliphatic carbocycles. The topological polar surface area (TPSA) is 115 Å². The fourth-order valence-corrected chi connectivity index (χ4v) is 4.68. The van der Waals surface area contributed by atoms with Crippen molar-refractivity contribution in [2.24, 2.45) is 11.7 Å². The van der Waals surface area contributed by atoms with Crippen LogP contribution in [0.4, 0.5) is 0 Å². The number of nitrogens with zero attached hydrogens (tertiary/aromatic N) is 1. The van der Waals surface area contributed by atoms with Crippen LogP contribution >= 0.6 is 7.82 Å². The Kier molecular flexibility index (Phi) is 9.11. The molecule has 0 saturated heterocycles. The molecule has 1 atom stereocenters. The molecule has 1 fully saturated rings. The molecular formula is C21H37N2O5P. The molecule has 0 bridgehead atoms. The number of hydrogen-bond acceptors (Lipinski definition) is 4. The number of aromatic nitrogens is 1. The van der Waals surface area contributed by atoms with Crippen molar-refractivity contribution in [3.8, 4) is 0 Å². The van der Waals surface area contributed by atoms with E-state index >= 15 is 0 Å². The third-order valence-electron chi connectivity index (χ3n) is 5.93. The number of rotatable bonds is 12. The molecule has 8 heteroatoms. The van der Waals surface area contributed by atoms with Crippen LogP contribution in [0.15, 0.2) is 12.1 Å². The van der Waals surface area contributed by atoms with Gasteiger partial charge in [-0.25, -0.2) is 4.57 Å². The summed E-state index contributed by atoms with van der Waals surface area (Å²) in [5, 5.41) is 0.